The second kappa shape index (κ2) is 10.5. The average Bonchev–Trinajstić information content (AvgIpc) is 3.38. The maximum atomic E-state index is 12.5. The monoisotopic (exact) mass is 475 g/mol. The highest BCUT2D eigenvalue weighted by Gasteiger charge is 2.27. The summed E-state index contributed by atoms with van der Waals surface area (Å²) in [6.45, 7) is 6.27. The Kier molecular flexibility index (Phi) is 7.06. The van der Waals surface area contributed by atoms with Gasteiger partial charge in [-0.3, -0.25) is 9.80 Å². The molecule has 0 amide bonds. The van der Waals surface area contributed by atoms with E-state index in [0.717, 1.165) is 51.4 Å². The van der Waals surface area contributed by atoms with Crippen molar-refractivity contribution in [1.82, 2.24) is 9.80 Å². The number of methoxy groups -OCH3 is 1. The first-order valence-electron chi connectivity index (χ1n) is 12.3. The number of nitrogens with zero attached hydrogens (tertiary/aromatic N) is 3. The van der Waals surface area contributed by atoms with Crippen molar-refractivity contribution < 1.29 is 14.3 Å². The first-order chi connectivity index (χ1) is 17.1. The summed E-state index contributed by atoms with van der Waals surface area (Å²) in [7, 11) is 1.67. The Morgan fingerprint density at radius 2 is 1.69 bits per heavy atom. The second-order valence-electron chi connectivity index (χ2n) is 9.47. The van der Waals surface area contributed by atoms with Gasteiger partial charge in [-0.05, 0) is 48.7 Å². The van der Waals surface area contributed by atoms with Gasteiger partial charge in [0, 0.05) is 57.1 Å². The van der Waals surface area contributed by atoms with Crippen LogP contribution < -0.4 is 15.3 Å². The number of anilines is 1. The number of rotatable bonds is 7. The molecule has 5 rings (SSSR count). The molecule has 35 heavy (non-hydrogen) atoms. The van der Waals surface area contributed by atoms with Gasteiger partial charge in [0.15, 0.2) is 0 Å². The highest BCUT2D eigenvalue weighted by molar-refractivity contribution is 5.49. The third-order valence-corrected chi connectivity index (χ3v) is 7.27. The molecule has 2 saturated heterocycles. The number of ether oxygens (including phenoxy) is 1. The van der Waals surface area contributed by atoms with Crippen LogP contribution in [0.3, 0.4) is 0 Å². The largest absolute Gasteiger partial charge is 0.507 e. The average molecular weight is 476 g/mol. The van der Waals surface area contributed by atoms with Crippen LogP contribution in [0.15, 0.2) is 70.1 Å². The van der Waals surface area contributed by atoms with Crippen molar-refractivity contribution in [1.29, 1.82) is 0 Å². The lowest BCUT2D eigenvalue weighted by Crippen LogP contribution is -2.46. The van der Waals surface area contributed by atoms with Crippen molar-refractivity contribution in [3.8, 4) is 11.5 Å². The first kappa shape index (κ1) is 23.5. The molecular formula is C28H33N3O4. The number of aromatic hydroxyl groups is 1. The van der Waals surface area contributed by atoms with Crippen molar-refractivity contribution in [2.75, 3.05) is 51.3 Å². The molecule has 184 valence electrons. The molecule has 7 nitrogen and oxygen atoms in total. The standard InChI is InChI=1S/C28H33N3O4/c1-34-25-9-7-24(8-10-25)31-15-13-29(14-16-31)18-23-20-35-28(33)26(27(23)32)19-30-12-11-22(17-30)21-5-3-2-4-6-21/h2-10,20,22,32H,11-19H2,1H3/t22-/m0/s1. The maximum Gasteiger partial charge on any atom is 0.343 e. The van der Waals surface area contributed by atoms with E-state index < -0.39 is 5.63 Å². The summed E-state index contributed by atoms with van der Waals surface area (Å²) in [6, 6.07) is 18.6. The van der Waals surface area contributed by atoms with Crippen LogP contribution in [0.2, 0.25) is 0 Å². The quantitative estimate of drug-likeness (QED) is 0.559. The van der Waals surface area contributed by atoms with E-state index in [1.165, 1.54) is 17.5 Å². The van der Waals surface area contributed by atoms with Crippen LogP contribution in [0, 0.1) is 0 Å². The topological polar surface area (TPSA) is 69.4 Å². The SMILES string of the molecule is COc1ccc(N2CCN(Cc3coc(=O)c(CN4CC[C@H](c5ccccc5)C4)c3O)CC2)cc1. The van der Waals surface area contributed by atoms with Gasteiger partial charge in [0.05, 0.1) is 12.7 Å². The van der Waals surface area contributed by atoms with Crippen molar-refractivity contribution >= 4 is 5.69 Å². The lowest BCUT2D eigenvalue weighted by molar-refractivity contribution is 0.241. The van der Waals surface area contributed by atoms with Crippen LogP contribution >= 0.6 is 0 Å². The van der Waals surface area contributed by atoms with Crippen LogP contribution in [-0.2, 0) is 13.1 Å². The van der Waals surface area contributed by atoms with Crippen molar-refractivity contribution in [2.24, 2.45) is 0 Å². The molecule has 3 heterocycles. The molecule has 2 aliphatic heterocycles. The Balaban J connectivity index is 1.20. The Morgan fingerprint density at radius 1 is 0.943 bits per heavy atom. The number of hydrogen-bond donors (Lipinski definition) is 1. The molecule has 2 fully saturated rings. The normalized spacial score (nSPS) is 19.2. The Hall–Kier alpha value is -3.29. The molecule has 1 N–H and O–H groups in total. The van der Waals surface area contributed by atoms with E-state index in [2.05, 4.69) is 51.1 Å². The summed E-state index contributed by atoms with van der Waals surface area (Å²) >= 11 is 0. The van der Waals surface area contributed by atoms with E-state index in [4.69, 9.17) is 9.15 Å². The van der Waals surface area contributed by atoms with E-state index in [1.54, 1.807) is 7.11 Å². The fourth-order valence-corrected chi connectivity index (χ4v) is 5.19. The van der Waals surface area contributed by atoms with Gasteiger partial charge in [-0.15, -0.1) is 0 Å². The molecule has 0 saturated carbocycles. The zero-order chi connectivity index (χ0) is 24.2. The summed E-state index contributed by atoms with van der Waals surface area (Å²) in [4.78, 5) is 19.4. The van der Waals surface area contributed by atoms with Crippen LogP contribution in [0.25, 0.3) is 0 Å². The molecule has 3 aromatic rings. The van der Waals surface area contributed by atoms with E-state index in [9.17, 15) is 9.90 Å². The Bertz CT molecular complexity index is 1170. The van der Waals surface area contributed by atoms with Crippen LogP contribution in [0.4, 0.5) is 5.69 Å². The molecule has 2 aromatic carbocycles. The zero-order valence-corrected chi connectivity index (χ0v) is 20.2. The highest BCUT2D eigenvalue weighted by Crippen LogP contribution is 2.30. The lowest BCUT2D eigenvalue weighted by atomic mass is 9.99. The van der Waals surface area contributed by atoms with Gasteiger partial charge in [0.2, 0.25) is 0 Å². The number of piperazine rings is 1. The van der Waals surface area contributed by atoms with Gasteiger partial charge in [0.1, 0.15) is 17.8 Å². The summed E-state index contributed by atoms with van der Waals surface area (Å²) < 4.78 is 10.6. The Morgan fingerprint density at radius 3 is 2.40 bits per heavy atom. The van der Waals surface area contributed by atoms with Crippen LogP contribution in [0.1, 0.15) is 29.0 Å². The van der Waals surface area contributed by atoms with Crippen molar-refractivity contribution in [2.45, 2.75) is 25.4 Å². The molecule has 0 bridgehead atoms. The van der Waals surface area contributed by atoms with Gasteiger partial charge >= 0.3 is 5.63 Å². The summed E-state index contributed by atoms with van der Waals surface area (Å²) in [5, 5.41) is 11.0. The molecule has 7 heteroatoms. The minimum Gasteiger partial charge on any atom is -0.507 e. The minimum absolute atomic E-state index is 0.0852. The second-order valence-corrected chi connectivity index (χ2v) is 9.47. The van der Waals surface area contributed by atoms with E-state index >= 15 is 0 Å². The first-order valence-corrected chi connectivity index (χ1v) is 12.3. The third kappa shape index (κ3) is 5.36. The van der Waals surface area contributed by atoms with Gasteiger partial charge in [-0.25, -0.2) is 4.79 Å². The van der Waals surface area contributed by atoms with E-state index in [1.807, 2.05) is 18.2 Å². The number of likely N-dealkylation sites (tertiary alicyclic amines) is 1. The van der Waals surface area contributed by atoms with Gasteiger partial charge < -0.3 is 19.2 Å². The maximum absolute atomic E-state index is 12.5. The third-order valence-electron chi connectivity index (χ3n) is 7.27. The summed E-state index contributed by atoms with van der Waals surface area (Å²) in [5.74, 6) is 1.39. The Labute approximate surface area is 206 Å². The smallest absolute Gasteiger partial charge is 0.343 e. The van der Waals surface area contributed by atoms with Gasteiger partial charge in [-0.2, -0.15) is 0 Å². The molecule has 0 aliphatic carbocycles. The molecule has 0 spiro atoms. The van der Waals surface area contributed by atoms with Crippen LogP contribution in [0.5, 0.6) is 11.5 Å². The molecule has 2 aliphatic rings. The lowest BCUT2D eigenvalue weighted by Gasteiger charge is -2.36. The number of hydrogen-bond acceptors (Lipinski definition) is 7. The van der Waals surface area contributed by atoms with E-state index in [-0.39, 0.29) is 5.75 Å². The van der Waals surface area contributed by atoms with Crippen molar-refractivity contribution in [3.63, 3.8) is 0 Å². The summed E-state index contributed by atoms with van der Waals surface area (Å²) in [6.07, 6.45) is 2.47. The molecule has 1 atom stereocenters. The predicted molar refractivity (Wildman–Crippen MR) is 136 cm³/mol. The van der Waals surface area contributed by atoms with Crippen LogP contribution in [-0.4, -0.2) is 61.3 Å². The highest BCUT2D eigenvalue weighted by atomic mass is 16.5. The zero-order valence-electron chi connectivity index (χ0n) is 20.2. The fraction of sp³-hybridized carbons (Fsp3) is 0.393. The summed E-state index contributed by atoms with van der Waals surface area (Å²) in [5.41, 5.74) is 3.11. The fourth-order valence-electron chi connectivity index (χ4n) is 5.19. The van der Waals surface area contributed by atoms with Gasteiger partial charge in [0.25, 0.3) is 0 Å². The molecule has 0 unspecified atom stereocenters. The predicted octanol–water partition coefficient (Wildman–Crippen LogP) is 3.67. The number of benzene rings is 2. The molecular weight excluding hydrogens is 442 g/mol. The molecule has 0 radical (unpaired) electrons. The van der Waals surface area contributed by atoms with Gasteiger partial charge in [-0.1, -0.05) is 30.3 Å². The van der Waals surface area contributed by atoms with E-state index in [0.29, 0.717) is 30.1 Å². The van der Waals surface area contributed by atoms with Crippen molar-refractivity contribution in [3.05, 3.63) is 88.0 Å². The molecule has 1 aromatic heterocycles. The minimum atomic E-state index is -0.446.